The zero-order valence-corrected chi connectivity index (χ0v) is 34.5. The van der Waals surface area contributed by atoms with Gasteiger partial charge in [-0.3, -0.25) is 23.9 Å². The molecule has 1 aliphatic heterocycles. The van der Waals surface area contributed by atoms with Gasteiger partial charge in [-0.1, -0.05) is 58.9 Å². The average Bonchev–Trinajstić information content (AvgIpc) is 3.85. The monoisotopic (exact) mass is 782 g/mol. The van der Waals surface area contributed by atoms with Gasteiger partial charge in [0.2, 0.25) is 21.8 Å². The molecule has 302 valence electrons. The molecule has 2 aromatic carbocycles. The van der Waals surface area contributed by atoms with Crippen LogP contribution in [0, 0.1) is 25.2 Å². The van der Waals surface area contributed by atoms with Crippen LogP contribution in [0.2, 0.25) is 0 Å². The van der Waals surface area contributed by atoms with Gasteiger partial charge in [0.15, 0.2) is 0 Å². The summed E-state index contributed by atoms with van der Waals surface area (Å²) in [5, 5.41) is 11.1. The number of nitrogens with zero attached hydrogens (tertiary/aromatic N) is 1. The van der Waals surface area contributed by atoms with E-state index in [1.165, 1.54) is 4.90 Å². The average molecular weight is 783 g/mol. The summed E-state index contributed by atoms with van der Waals surface area (Å²) in [6.07, 6.45) is 0.204. The number of hydrogen-bond acceptors (Lipinski definition) is 9. The first-order valence-electron chi connectivity index (χ1n) is 18.9. The van der Waals surface area contributed by atoms with Crippen molar-refractivity contribution in [3.05, 3.63) is 59.2 Å². The summed E-state index contributed by atoms with van der Waals surface area (Å²) >= 11 is 0. The maximum atomic E-state index is 14.5. The van der Waals surface area contributed by atoms with Gasteiger partial charge < -0.3 is 30.9 Å². The third-order valence-electron chi connectivity index (χ3n) is 9.59. The minimum absolute atomic E-state index is 0.0183. The van der Waals surface area contributed by atoms with Gasteiger partial charge in [-0.05, 0) is 101 Å². The summed E-state index contributed by atoms with van der Waals surface area (Å²) in [5.74, 6) is -2.69. The number of hydrogen-bond donors (Lipinski definition) is 5. The van der Waals surface area contributed by atoms with Gasteiger partial charge in [0.25, 0.3) is 11.8 Å². The van der Waals surface area contributed by atoms with Gasteiger partial charge in [-0.25, -0.2) is 13.2 Å². The van der Waals surface area contributed by atoms with Crippen molar-refractivity contribution in [2.45, 2.75) is 130 Å². The van der Waals surface area contributed by atoms with E-state index >= 15 is 0 Å². The van der Waals surface area contributed by atoms with Crippen molar-refractivity contribution in [3.63, 3.8) is 0 Å². The summed E-state index contributed by atoms with van der Waals surface area (Å²) < 4.78 is 32.9. The molecule has 0 aromatic heterocycles. The van der Waals surface area contributed by atoms with Crippen LogP contribution < -0.4 is 26.0 Å². The Morgan fingerprint density at radius 1 is 0.891 bits per heavy atom. The fourth-order valence-electron chi connectivity index (χ4n) is 6.40. The summed E-state index contributed by atoms with van der Waals surface area (Å²) in [7, 11) is -3.90. The second-order valence-corrected chi connectivity index (χ2v) is 19.1. The van der Waals surface area contributed by atoms with Crippen LogP contribution in [0.4, 0.5) is 16.2 Å². The molecule has 4 atom stereocenters. The summed E-state index contributed by atoms with van der Waals surface area (Å²) in [5.41, 5.74) is 2.17. The molecule has 55 heavy (non-hydrogen) atoms. The molecule has 1 aliphatic carbocycles. The van der Waals surface area contributed by atoms with E-state index in [9.17, 15) is 32.4 Å². The number of sulfonamides is 1. The number of amides is 5. The van der Waals surface area contributed by atoms with Crippen LogP contribution in [0.5, 0.6) is 0 Å². The van der Waals surface area contributed by atoms with Gasteiger partial charge >= 0.3 is 6.09 Å². The van der Waals surface area contributed by atoms with Crippen LogP contribution in [0.25, 0.3) is 0 Å². The van der Waals surface area contributed by atoms with Crippen molar-refractivity contribution >= 4 is 51.1 Å². The van der Waals surface area contributed by atoms with Crippen molar-refractivity contribution in [1.82, 2.24) is 25.6 Å². The quantitative estimate of drug-likeness (QED) is 0.190. The largest absolute Gasteiger partial charge is 0.444 e. The number of carbonyl (C=O) groups is 5. The molecule has 1 saturated carbocycles. The van der Waals surface area contributed by atoms with Crippen molar-refractivity contribution in [2.75, 3.05) is 11.9 Å². The summed E-state index contributed by atoms with van der Waals surface area (Å²) in [6, 6.07) is 8.60. The lowest BCUT2D eigenvalue weighted by Crippen LogP contribution is -2.59. The van der Waals surface area contributed by atoms with Crippen molar-refractivity contribution in [2.24, 2.45) is 11.3 Å². The van der Waals surface area contributed by atoms with Crippen LogP contribution in [0.3, 0.4) is 0 Å². The van der Waals surface area contributed by atoms with Crippen LogP contribution in [0.15, 0.2) is 42.5 Å². The first-order chi connectivity index (χ1) is 25.5. The molecule has 2 fully saturated rings. The standard InChI is InChI=1S/C40H58N6O8S/c1-23(2)20-31(35(48)45-55(52,53)27-18-19-27)43-36(49)32-21-26(22-46(32)37(50)33(39(5,6)7)44-38(51)54-40(8,9)10)41-34(47)28-15-11-12-16-30(28)42-29-17-13-14-24(3)25(29)4/h11-17,23,26-27,31-33,42H,18-22H2,1-10H3,(H,41,47)(H,43,49)(H,44,51)(H,45,48)/t26-,31-,32-,33+/m0/s1. The third-order valence-corrected chi connectivity index (χ3v) is 11.4. The van der Waals surface area contributed by atoms with Crippen LogP contribution in [-0.2, 0) is 29.1 Å². The Bertz CT molecular complexity index is 1880. The summed E-state index contributed by atoms with van der Waals surface area (Å²) in [6.45, 7) is 18.0. The molecule has 5 N–H and O–H groups in total. The van der Waals surface area contributed by atoms with Crippen molar-refractivity contribution in [1.29, 1.82) is 0 Å². The Balaban J connectivity index is 1.63. The van der Waals surface area contributed by atoms with Crippen LogP contribution in [-0.4, -0.2) is 84.6 Å². The molecule has 15 heteroatoms. The fourth-order valence-corrected chi connectivity index (χ4v) is 7.75. The Morgan fingerprint density at radius 3 is 2.13 bits per heavy atom. The van der Waals surface area contributed by atoms with E-state index in [1.54, 1.807) is 59.7 Å². The van der Waals surface area contributed by atoms with Gasteiger partial charge in [-0.15, -0.1) is 0 Å². The lowest BCUT2D eigenvalue weighted by Gasteiger charge is -2.36. The second kappa shape index (κ2) is 17.0. The lowest BCUT2D eigenvalue weighted by atomic mass is 9.85. The maximum Gasteiger partial charge on any atom is 0.408 e. The van der Waals surface area contributed by atoms with Crippen molar-refractivity contribution in [3.8, 4) is 0 Å². The van der Waals surface area contributed by atoms with E-state index < -0.39 is 80.2 Å². The van der Waals surface area contributed by atoms with E-state index in [2.05, 4.69) is 26.0 Å². The van der Waals surface area contributed by atoms with E-state index in [1.807, 2.05) is 52.0 Å². The van der Waals surface area contributed by atoms with Crippen molar-refractivity contribution < 1.29 is 37.1 Å². The molecule has 1 saturated heterocycles. The van der Waals surface area contributed by atoms with Gasteiger partial charge in [0, 0.05) is 18.3 Å². The maximum absolute atomic E-state index is 14.5. The highest BCUT2D eigenvalue weighted by Gasteiger charge is 2.47. The molecule has 2 aliphatic rings. The number of alkyl carbamates (subject to hydrolysis) is 1. The number of likely N-dealkylation sites (tertiary alicyclic amines) is 1. The van der Waals surface area contributed by atoms with Gasteiger partial charge in [0.05, 0.1) is 16.5 Å². The molecule has 0 radical (unpaired) electrons. The number of carbonyl (C=O) groups excluding carboxylic acids is 5. The van der Waals surface area contributed by atoms with Crippen LogP contribution >= 0.6 is 0 Å². The number of benzene rings is 2. The first kappa shape index (κ1) is 43.1. The SMILES string of the molecule is Cc1cccc(Nc2ccccc2C(=O)N[C@H]2C[C@@H](C(=O)N[C@@H](CC(C)C)C(=O)NS(=O)(=O)C3CC3)N(C(=O)[C@@H](NC(=O)OC(C)(C)C)C(C)(C)C)C2)c1C. The van der Waals surface area contributed by atoms with E-state index in [-0.39, 0.29) is 25.3 Å². The fraction of sp³-hybridized carbons (Fsp3) is 0.575. The topological polar surface area (TPSA) is 192 Å². The highest BCUT2D eigenvalue weighted by molar-refractivity contribution is 7.90. The highest BCUT2D eigenvalue weighted by Crippen LogP contribution is 2.30. The van der Waals surface area contributed by atoms with E-state index in [0.29, 0.717) is 24.1 Å². The second-order valence-electron chi connectivity index (χ2n) is 17.2. The zero-order chi connectivity index (χ0) is 41.0. The number of para-hydroxylation sites is 1. The zero-order valence-electron chi connectivity index (χ0n) is 33.7. The first-order valence-corrected chi connectivity index (χ1v) is 20.4. The number of nitrogens with one attached hydrogen (secondary N) is 5. The molecule has 1 heterocycles. The summed E-state index contributed by atoms with van der Waals surface area (Å²) in [4.78, 5) is 70.2. The predicted octanol–water partition coefficient (Wildman–Crippen LogP) is 4.83. The Kier molecular flexibility index (Phi) is 13.3. The number of rotatable bonds is 13. The molecular weight excluding hydrogens is 725 g/mol. The molecular formula is C40H58N6O8S. The lowest BCUT2D eigenvalue weighted by molar-refractivity contribution is -0.142. The number of aryl methyl sites for hydroxylation is 1. The van der Waals surface area contributed by atoms with E-state index in [4.69, 9.17) is 4.74 Å². The smallest absolute Gasteiger partial charge is 0.408 e. The van der Waals surface area contributed by atoms with E-state index in [0.717, 1.165) is 16.8 Å². The predicted molar refractivity (Wildman–Crippen MR) is 211 cm³/mol. The number of ether oxygens (including phenoxy) is 1. The molecule has 0 bridgehead atoms. The highest BCUT2D eigenvalue weighted by atomic mass is 32.2. The minimum atomic E-state index is -3.90. The minimum Gasteiger partial charge on any atom is -0.444 e. The third kappa shape index (κ3) is 11.7. The normalized spacial score (nSPS) is 18.6. The van der Waals surface area contributed by atoms with Crippen LogP contribution in [0.1, 0.15) is 103 Å². The molecule has 4 rings (SSSR count). The molecule has 5 amide bonds. The molecule has 0 unspecified atom stereocenters. The Labute approximate surface area is 325 Å². The molecule has 14 nitrogen and oxygen atoms in total. The number of anilines is 2. The molecule has 2 aromatic rings. The van der Waals surface area contributed by atoms with Gasteiger partial charge in [0.1, 0.15) is 23.7 Å². The van der Waals surface area contributed by atoms with Gasteiger partial charge in [-0.2, -0.15) is 0 Å². The Morgan fingerprint density at radius 2 is 1.53 bits per heavy atom. The molecule has 0 spiro atoms. The Hall–Kier alpha value is -4.66.